The molecular weight excluding hydrogens is 280 g/mol. The molecule has 6 heteroatoms. The molecule has 1 aliphatic rings. The van der Waals surface area contributed by atoms with Gasteiger partial charge in [-0.05, 0) is 50.6 Å². The summed E-state index contributed by atoms with van der Waals surface area (Å²) in [5.41, 5.74) is 7.00. The van der Waals surface area contributed by atoms with Crippen molar-refractivity contribution in [1.29, 1.82) is 0 Å². The van der Waals surface area contributed by atoms with E-state index in [2.05, 4.69) is 15.0 Å². The molecule has 3 rings (SSSR count). The molecule has 0 aliphatic carbocycles. The number of primary amides is 1. The van der Waals surface area contributed by atoms with E-state index in [-0.39, 0.29) is 5.91 Å². The van der Waals surface area contributed by atoms with Gasteiger partial charge in [0.15, 0.2) is 5.82 Å². The highest BCUT2D eigenvalue weighted by Crippen LogP contribution is 2.27. The maximum Gasteiger partial charge on any atom is 0.248 e. The van der Waals surface area contributed by atoms with Crippen molar-refractivity contribution in [1.82, 2.24) is 15.0 Å². The first-order chi connectivity index (χ1) is 10.6. The Bertz CT molecular complexity index is 660. The summed E-state index contributed by atoms with van der Waals surface area (Å²) in [5, 5.41) is 3.86. The number of hydrogen-bond acceptors (Lipinski definition) is 5. The Balaban J connectivity index is 1.58. The molecule has 0 spiro atoms. The van der Waals surface area contributed by atoms with Crippen LogP contribution in [0, 0.1) is 6.92 Å². The maximum absolute atomic E-state index is 11.2. The second-order valence-corrected chi connectivity index (χ2v) is 5.79. The van der Waals surface area contributed by atoms with Crippen LogP contribution >= 0.6 is 0 Å². The molecule has 116 valence electrons. The van der Waals surface area contributed by atoms with Crippen LogP contribution in [-0.2, 0) is 6.54 Å². The third kappa shape index (κ3) is 3.33. The summed E-state index contributed by atoms with van der Waals surface area (Å²) < 4.78 is 5.27. The molecule has 22 heavy (non-hydrogen) atoms. The van der Waals surface area contributed by atoms with E-state index in [1.807, 2.05) is 25.1 Å². The fourth-order valence-corrected chi connectivity index (χ4v) is 2.90. The molecule has 6 nitrogen and oxygen atoms in total. The minimum atomic E-state index is -0.382. The Kier molecular flexibility index (Phi) is 4.20. The largest absolute Gasteiger partial charge is 0.366 e. The van der Waals surface area contributed by atoms with Gasteiger partial charge in [0.2, 0.25) is 11.8 Å². The summed E-state index contributed by atoms with van der Waals surface area (Å²) in [6.07, 6.45) is 2.02. The maximum atomic E-state index is 11.2. The van der Waals surface area contributed by atoms with Crippen molar-refractivity contribution in [3.8, 4) is 0 Å². The van der Waals surface area contributed by atoms with Crippen molar-refractivity contribution >= 4 is 5.91 Å². The highest BCUT2D eigenvalue weighted by Gasteiger charge is 2.24. The number of benzene rings is 1. The summed E-state index contributed by atoms with van der Waals surface area (Å²) in [7, 11) is 0. The van der Waals surface area contributed by atoms with Gasteiger partial charge in [0, 0.05) is 18.0 Å². The van der Waals surface area contributed by atoms with Crippen molar-refractivity contribution in [2.45, 2.75) is 32.2 Å². The second-order valence-electron chi connectivity index (χ2n) is 5.79. The van der Waals surface area contributed by atoms with Gasteiger partial charge in [-0.3, -0.25) is 9.69 Å². The first-order valence-electron chi connectivity index (χ1n) is 7.53. The number of aryl methyl sites for hydroxylation is 1. The summed E-state index contributed by atoms with van der Waals surface area (Å²) >= 11 is 0. The van der Waals surface area contributed by atoms with Gasteiger partial charge in [-0.25, -0.2) is 0 Å². The Morgan fingerprint density at radius 3 is 2.82 bits per heavy atom. The molecule has 2 aromatic rings. The summed E-state index contributed by atoms with van der Waals surface area (Å²) in [5.74, 6) is 1.43. The fourth-order valence-electron chi connectivity index (χ4n) is 2.90. The number of amides is 1. The van der Waals surface area contributed by atoms with Crippen LogP contribution in [0.1, 0.15) is 46.4 Å². The van der Waals surface area contributed by atoms with E-state index >= 15 is 0 Å². The Hall–Kier alpha value is -2.21. The first-order valence-corrected chi connectivity index (χ1v) is 7.53. The van der Waals surface area contributed by atoms with E-state index < -0.39 is 0 Å². The lowest BCUT2D eigenvalue weighted by Crippen LogP contribution is -2.32. The molecule has 1 amide bonds. The van der Waals surface area contributed by atoms with Crippen LogP contribution in [-0.4, -0.2) is 34.0 Å². The van der Waals surface area contributed by atoms with E-state index in [4.69, 9.17) is 10.3 Å². The summed E-state index contributed by atoms with van der Waals surface area (Å²) in [4.78, 5) is 17.9. The molecule has 1 fully saturated rings. The number of nitrogens with zero attached hydrogens (tertiary/aromatic N) is 3. The van der Waals surface area contributed by atoms with E-state index in [1.165, 1.54) is 0 Å². The number of aromatic nitrogens is 2. The van der Waals surface area contributed by atoms with Crippen LogP contribution in [0.2, 0.25) is 0 Å². The SMILES string of the molecule is Cc1noc(C2CCN(Cc3cccc(C(N)=O)c3)CC2)n1. The van der Waals surface area contributed by atoms with E-state index in [0.717, 1.165) is 43.9 Å². The van der Waals surface area contributed by atoms with Crippen molar-refractivity contribution in [2.24, 2.45) is 5.73 Å². The Labute approximate surface area is 129 Å². The van der Waals surface area contributed by atoms with Crippen LogP contribution in [0.4, 0.5) is 0 Å². The Morgan fingerprint density at radius 1 is 1.41 bits per heavy atom. The van der Waals surface area contributed by atoms with E-state index in [9.17, 15) is 4.79 Å². The van der Waals surface area contributed by atoms with Crippen LogP contribution in [0.25, 0.3) is 0 Å². The zero-order chi connectivity index (χ0) is 15.5. The molecule has 2 heterocycles. The minimum Gasteiger partial charge on any atom is -0.366 e. The van der Waals surface area contributed by atoms with Gasteiger partial charge in [-0.15, -0.1) is 0 Å². The van der Waals surface area contributed by atoms with Gasteiger partial charge < -0.3 is 10.3 Å². The minimum absolute atomic E-state index is 0.356. The number of hydrogen-bond donors (Lipinski definition) is 1. The smallest absolute Gasteiger partial charge is 0.248 e. The van der Waals surface area contributed by atoms with Gasteiger partial charge in [0.1, 0.15) is 0 Å². The van der Waals surface area contributed by atoms with Gasteiger partial charge in [0.05, 0.1) is 0 Å². The second kappa shape index (κ2) is 6.27. The molecule has 0 bridgehead atoms. The lowest BCUT2D eigenvalue weighted by atomic mass is 9.96. The van der Waals surface area contributed by atoms with E-state index in [1.54, 1.807) is 6.07 Å². The Morgan fingerprint density at radius 2 is 2.18 bits per heavy atom. The molecule has 1 aromatic heterocycles. The van der Waals surface area contributed by atoms with Gasteiger partial charge >= 0.3 is 0 Å². The van der Waals surface area contributed by atoms with Crippen molar-refractivity contribution in [3.05, 3.63) is 47.1 Å². The average Bonchev–Trinajstić information content (AvgIpc) is 2.95. The lowest BCUT2D eigenvalue weighted by Gasteiger charge is -2.30. The summed E-state index contributed by atoms with van der Waals surface area (Å²) in [6, 6.07) is 7.52. The van der Waals surface area contributed by atoms with Gasteiger partial charge in [-0.1, -0.05) is 17.3 Å². The third-order valence-corrected chi connectivity index (χ3v) is 4.10. The lowest BCUT2D eigenvalue weighted by molar-refractivity contribution is 0.1000. The number of carbonyl (C=O) groups is 1. The summed E-state index contributed by atoms with van der Waals surface area (Å²) in [6.45, 7) is 4.63. The average molecular weight is 300 g/mol. The predicted octanol–water partition coefficient (Wildman–Crippen LogP) is 1.86. The molecule has 1 aliphatic heterocycles. The number of likely N-dealkylation sites (tertiary alicyclic amines) is 1. The topological polar surface area (TPSA) is 85.3 Å². The standard InChI is InChI=1S/C16H20N4O2/c1-11-18-16(22-19-11)13-5-7-20(8-6-13)10-12-3-2-4-14(9-12)15(17)21/h2-4,9,13H,5-8,10H2,1H3,(H2,17,21). The highest BCUT2D eigenvalue weighted by molar-refractivity contribution is 5.92. The third-order valence-electron chi connectivity index (χ3n) is 4.10. The van der Waals surface area contributed by atoms with Crippen LogP contribution in [0.5, 0.6) is 0 Å². The predicted molar refractivity (Wildman–Crippen MR) is 81.2 cm³/mol. The van der Waals surface area contributed by atoms with Crippen LogP contribution in [0.3, 0.4) is 0 Å². The van der Waals surface area contributed by atoms with E-state index in [0.29, 0.717) is 17.3 Å². The number of nitrogens with two attached hydrogens (primary N) is 1. The molecule has 2 N–H and O–H groups in total. The molecule has 1 aromatic carbocycles. The zero-order valence-corrected chi connectivity index (χ0v) is 12.7. The quantitative estimate of drug-likeness (QED) is 0.931. The fraction of sp³-hybridized carbons (Fsp3) is 0.438. The van der Waals surface area contributed by atoms with Crippen molar-refractivity contribution in [2.75, 3.05) is 13.1 Å². The first kappa shape index (κ1) is 14.7. The molecule has 0 unspecified atom stereocenters. The molecule has 0 atom stereocenters. The number of rotatable bonds is 4. The molecule has 1 saturated heterocycles. The molecular formula is C16H20N4O2. The monoisotopic (exact) mass is 300 g/mol. The van der Waals surface area contributed by atoms with Gasteiger partial charge in [-0.2, -0.15) is 4.98 Å². The zero-order valence-electron chi connectivity index (χ0n) is 12.7. The number of piperidine rings is 1. The van der Waals surface area contributed by atoms with Crippen LogP contribution in [0.15, 0.2) is 28.8 Å². The van der Waals surface area contributed by atoms with Crippen molar-refractivity contribution in [3.63, 3.8) is 0 Å². The highest BCUT2D eigenvalue weighted by atomic mass is 16.5. The van der Waals surface area contributed by atoms with Crippen molar-refractivity contribution < 1.29 is 9.32 Å². The van der Waals surface area contributed by atoms with Crippen LogP contribution < -0.4 is 5.73 Å². The molecule has 0 saturated carbocycles. The van der Waals surface area contributed by atoms with Gasteiger partial charge in [0.25, 0.3) is 0 Å². The molecule has 0 radical (unpaired) electrons. The number of carbonyl (C=O) groups excluding carboxylic acids is 1. The normalized spacial score (nSPS) is 16.8.